The van der Waals surface area contributed by atoms with Gasteiger partial charge in [0, 0.05) is 11.8 Å². The molecule has 0 amide bonds. The number of aromatic nitrogens is 1. The van der Waals surface area contributed by atoms with E-state index in [1.165, 1.54) is 0 Å². The zero-order valence-corrected chi connectivity index (χ0v) is 8.69. The number of aliphatic carboxylic acids is 1. The molecule has 0 spiro atoms. The summed E-state index contributed by atoms with van der Waals surface area (Å²) in [5, 5.41) is 8.03. The number of hydrogen-bond acceptors (Lipinski definition) is 2. The molecule has 82 valence electrons. The van der Waals surface area contributed by atoms with E-state index in [9.17, 15) is 13.6 Å². The molecule has 1 heterocycles. The predicted molar refractivity (Wildman–Crippen MR) is 50.4 cm³/mol. The van der Waals surface area contributed by atoms with Crippen LogP contribution < -0.4 is 0 Å². The number of rotatable bonds is 3. The monoisotopic (exact) mass is 255 g/mol. The highest BCUT2D eigenvalue weighted by molar-refractivity contribution is 6.41. The minimum atomic E-state index is -3.51. The second-order valence-corrected chi connectivity index (χ2v) is 3.54. The van der Waals surface area contributed by atoms with E-state index in [0.29, 0.717) is 0 Å². The average molecular weight is 256 g/mol. The quantitative estimate of drug-likeness (QED) is 0.845. The Bertz CT molecular complexity index is 398. The summed E-state index contributed by atoms with van der Waals surface area (Å²) in [6, 6.07) is 0.903. The molecule has 1 aromatic heterocycles. The minimum Gasteiger partial charge on any atom is -0.481 e. The van der Waals surface area contributed by atoms with Crippen LogP contribution in [0.2, 0.25) is 10.2 Å². The van der Waals surface area contributed by atoms with E-state index in [2.05, 4.69) is 4.98 Å². The first-order valence-electron chi connectivity index (χ1n) is 3.74. The van der Waals surface area contributed by atoms with Crippen LogP contribution in [0.3, 0.4) is 0 Å². The minimum absolute atomic E-state index is 0.105. The summed E-state index contributed by atoms with van der Waals surface area (Å²) in [7, 11) is 0. The first-order chi connectivity index (χ1) is 6.83. The Kier molecular flexibility index (Phi) is 3.46. The molecule has 0 fully saturated rings. The smallest absolute Gasteiger partial charge is 0.309 e. The van der Waals surface area contributed by atoms with Crippen LogP contribution in [0.15, 0.2) is 12.3 Å². The van der Waals surface area contributed by atoms with Crippen LogP contribution >= 0.6 is 23.2 Å². The second-order valence-electron chi connectivity index (χ2n) is 2.77. The van der Waals surface area contributed by atoms with Gasteiger partial charge < -0.3 is 5.11 Å². The van der Waals surface area contributed by atoms with Gasteiger partial charge in [0.05, 0.1) is 5.02 Å². The van der Waals surface area contributed by atoms with Gasteiger partial charge in [-0.05, 0) is 6.07 Å². The van der Waals surface area contributed by atoms with Crippen LogP contribution in [0, 0.1) is 0 Å². The van der Waals surface area contributed by atoms with Gasteiger partial charge in [-0.1, -0.05) is 23.2 Å². The van der Waals surface area contributed by atoms with Crippen molar-refractivity contribution in [1.82, 2.24) is 4.98 Å². The first-order valence-corrected chi connectivity index (χ1v) is 4.49. The Hall–Kier alpha value is -0.940. The number of alkyl halides is 2. The van der Waals surface area contributed by atoms with Crippen molar-refractivity contribution in [2.45, 2.75) is 12.3 Å². The molecular weight excluding hydrogens is 251 g/mol. The van der Waals surface area contributed by atoms with Gasteiger partial charge in [0.15, 0.2) is 0 Å². The van der Waals surface area contributed by atoms with Gasteiger partial charge in [-0.2, -0.15) is 0 Å². The lowest BCUT2D eigenvalue weighted by molar-refractivity contribution is -0.145. The summed E-state index contributed by atoms with van der Waals surface area (Å²) in [5.74, 6) is -5.11. The molecule has 0 aliphatic heterocycles. The average Bonchev–Trinajstić information content (AvgIpc) is 2.07. The molecule has 0 atom stereocenters. The molecule has 0 saturated carbocycles. The predicted octanol–water partition coefficient (Wildman–Crippen LogP) is 2.95. The Morgan fingerprint density at radius 1 is 1.53 bits per heavy atom. The molecule has 0 saturated heterocycles. The van der Waals surface area contributed by atoms with Crippen molar-refractivity contribution in [2.24, 2.45) is 0 Å². The SMILES string of the molecule is O=C(O)CC(F)(F)c1cnc(Cl)c(Cl)c1. The van der Waals surface area contributed by atoms with E-state index in [1.54, 1.807) is 0 Å². The third-order valence-electron chi connectivity index (χ3n) is 1.59. The molecule has 0 aliphatic rings. The molecule has 0 aliphatic carbocycles. The van der Waals surface area contributed by atoms with E-state index in [1.807, 2.05) is 0 Å². The van der Waals surface area contributed by atoms with Gasteiger partial charge in [-0.3, -0.25) is 4.79 Å². The molecular formula is C8H5Cl2F2NO2. The van der Waals surface area contributed by atoms with Crippen molar-refractivity contribution in [3.63, 3.8) is 0 Å². The molecule has 0 unspecified atom stereocenters. The Labute approximate surface area is 93.6 Å². The van der Waals surface area contributed by atoms with Crippen molar-refractivity contribution < 1.29 is 18.7 Å². The number of carboxylic acid groups (broad SMARTS) is 1. The highest BCUT2D eigenvalue weighted by Gasteiger charge is 2.35. The molecule has 7 heteroatoms. The van der Waals surface area contributed by atoms with Crippen LogP contribution in [-0.4, -0.2) is 16.1 Å². The third-order valence-corrected chi connectivity index (χ3v) is 2.28. The van der Waals surface area contributed by atoms with Crippen molar-refractivity contribution in [2.75, 3.05) is 0 Å². The highest BCUT2D eigenvalue weighted by atomic mass is 35.5. The van der Waals surface area contributed by atoms with Crippen molar-refractivity contribution in [1.29, 1.82) is 0 Å². The van der Waals surface area contributed by atoms with Gasteiger partial charge in [0.25, 0.3) is 5.92 Å². The molecule has 1 rings (SSSR count). The molecule has 0 aromatic carbocycles. The molecule has 3 nitrogen and oxygen atoms in total. The molecule has 0 bridgehead atoms. The van der Waals surface area contributed by atoms with Crippen LogP contribution in [0.5, 0.6) is 0 Å². The largest absolute Gasteiger partial charge is 0.481 e. The fraction of sp³-hybridized carbons (Fsp3) is 0.250. The summed E-state index contributed by atoms with van der Waals surface area (Å²) >= 11 is 10.9. The summed E-state index contributed by atoms with van der Waals surface area (Å²) in [6.07, 6.45) is -0.510. The molecule has 15 heavy (non-hydrogen) atoms. The second kappa shape index (κ2) is 4.28. The molecule has 1 aromatic rings. The van der Waals surface area contributed by atoms with Gasteiger partial charge in [-0.15, -0.1) is 0 Å². The topological polar surface area (TPSA) is 50.2 Å². The van der Waals surface area contributed by atoms with Gasteiger partial charge in [0.2, 0.25) is 0 Å². The first kappa shape index (κ1) is 12.1. The van der Waals surface area contributed by atoms with Gasteiger partial charge in [-0.25, -0.2) is 13.8 Å². The van der Waals surface area contributed by atoms with Gasteiger partial charge in [0.1, 0.15) is 11.6 Å². The number of nitrogens with zero attached hydrogens (tertiary/aromatic N) is 1. The molecule has 1 N–H and O–H groups in total. The third kappa shape index (κ3) is 3.00. The standard InChI is InChI=1S/C8H5Cl2F2NO2/c9-5-1-4(3-13-7(5)10)8(11,12)2-6(14)15/h1,3H,2H2,(H,14,15). The van der Waals surface area contributed by atoms with Crippen LogP contribution in [0.25, 0.3) is 0 Å². The van der Waals surface area contributed by atoms with Crippen LogP contribution in [0.4, 0.5) is 8.78 Å². The van der Waals surface area contributed by atoms with Crippen molar-refractivity contribution >= 4 is 29.2 Å². The maximum absolute atomic E-state index is 13.2. The normalized spacial score (nSPS) is 11.5. The summed E-state index contributed by atoms with van der Waals surface area (Å²) < 4.78 is 26.4. The van der Waals surface area contributed by atoms with E-state index < -0.39 is 23.9 Å². The van der Waals surface area contributed by atoms with E-state index in [0.717, 1.165) is 12.3 Å². The fourth-order valence-corrected chi connectivity index (χ4v) is 1.18. The van der Waals surface area contributed by atoms with E-state index >= 15 is 0 Å². The van der Waals surface area contributed by atoms with Crippen LogP contribution in [0.1, 0.15) is 12.0 Å². The maximum Gasteiger partial charge on any atom is 0.309 e. The Morgan fingerprint density at radius 2 is 2.13 bits per heavy atom. The zero-order valence-electron chi connectivity index (χ0n) is 7.18. The van der Waals surface area contributed by atoms with Crippen LogP contribution in [-0.2, 0) is 10.7 Å². The lowest BCUT2D eigenvalue weighted by Gasteiger charge is -2.14. The maximum atomic E-state index is 13.2. The fourth-order valence-electron chi connectivity index (χ4n) is 0.913. The summed E-state index contributed by atoms with van der Waals surface area (Å²) in [6.45, 7) is 0. The summed E-state index contributed by atoms with van der Waals surface area (Å²) in [5.41, 5.74) is -0.570. The number of halogens is 4. The number of hydrogen-bond donors (Lipinski definition) is 1. The highest BCUT2D eigenvalue weighted by Crippen LogP contribution is 2.33. The number of pyridine rings is 1. The van der Waals surface area contributed by atoms with Gasteiger partial charge >= 0.3 is 5.97 Å². The lowest BCUT2D eigenvalue weighted by atomic mass is 10.1. The van der Waals surface area contributed by atoms with Crippen molar-refractivity contribution in [3.8, 4) is 0 Å². The Balaban J connectivity index is 3.04. The number of carbonyl (C=O) groups is 1. The van der Waals surface area contributed by atoms with E-state index in [-0.39, 0.29) is 10.2 Å². The zero-order chi connectivity index (χ0) is 11.6. The lowest BCUT2D eigenvalue weighted by Crippen LogP contribution is -2.18. The number of carboxylic acids is 1. The summed E-state index contributed by atoms with van der Waals surface area (Å²) in [4.78, 5) is 13.6. The Morgan fingerprint density at radius 3 is 2.60 bits per heavy atom. The van der Waals surface area contributed by atoms with Crippen molar-refractivity contribution in [3.05, 3.63) is 28.0 Å². The van der Waals surface area contributed by atoms with E-state index in [4.69, 9.17) is 28.3 Å². The molecule has 0 radical (unpaired) electrons.